The average Bonchev–Trinajstić information content (AvgIpc) is 3.32. The quantitative estimate of drug-likeness (QED) is 0.720. The maximum atomic E-state index is 13.0. The molecule has 26 heavy (non-hydrogen) atoms. The van der Waals surface area contributed by atoms with Crippen LogP contribution in [0.3, 0.4) is 0 Å². The van der Waals surface area contributed by atoms with Crippen LogP contribution in [-0.4, -0.2) is 54.0 Å². The zero-order valence-corrected chi connectivity index (χ0v) is 15.0. The summed E-state index contributed by atoms with van der Waals surface area (Å²) in [6.07, 6.45) is 10.1. The lowest BCUT2D eigenvalue weighted by molar-refractivity contribution is 0.246. The van der Waals surface area contributed by atoms with Gasteiger partial charge in [-0.05, 0) is 12.8 Å². The summed E-state index contributed by atoms with van der Waals surface area (Å²) in [7, 11) is -1.97. The first kappa shape index (κ1) is 16.8. The summed E-state index contributed by atoms with van der Waals surface area (Å²) in [4.78, 5) is 16.7. The zero-order chi connectivity index (χ0) is 18.1. The van der Waals surface area contributed by atoms with Gasteiger partial charge < -0.3 is 4.57 Å². The van der Waals surface area contributed by atoms with E-state index in [0.29, 0.717) is 30.3 Å². The van der Waals surface area contributed by atoms with Crippen molar-refractivity contribution in [2.75, 3.05) is 6.54 Å². The summed E-state index contributed by atoms with van der Waals surface area (Å²) in [6.45, 7) is 0.421. The van der Waals surface area contributed by atoms with E-state index < -0.39 is 16.1 Å². The van der Waals surface area contributed by atoms with Gasteiger partial charge in [-0.25, -0.2) is 23.4 Å². The number of aryl methyl sites for hydroxylation is 1. The summed E-state index contributed by atoms with van der Waals surface area (Å²) >= 11 is 0. The van der Waals surface area contributed by atoms with Crippen molar-refractivity contribution in [3.8, 4) is 11.5 Å². The Kier molecular flexibility index (Phi) is 4.24. The van der Waals surface area contributed by atoms with Crippen molar-refractivity contribution < 1.29 is 8.42 Å². The molecule has 4 heterocycles. The number of aromatic nitrogens is 7. The summed E-state index contributed by atoms with van der Waals surface area (Å²) in [6, 6.07) is -0.409. The fourth-order valence-electron chi connectivity index (χ4n) is 3.06. The Bertz CT molecular complexity index is 998. The number of sulfonamides is 1. The average molecular weight is 374 g/mol. The van der Waals surface area contributed by atoms with Crippen molar-refractivity contribution in [1.29, 1.82) is 0 Å². The van der Waals surface area contributed by atoms with Gasteiger partial charge in [-0.1, -0.05) is 6.42 Å². The highest BCUT2D eigenvalue weighted by molar-refractivity contribution is 7.89. The van der Waals surface area contributed by atoms with Crippen LogP contribution in [-0.2, 0) is 17.1 Å². The van der Waals surface area contributed by atoms with Crippen LogP contribution in [0, 0.1) is 0 Å². The number of imidazole rings is 1. The van der Waals surface area contributed by atoms with Crippen LogP contribution in [0.25, 0.3) is 11.5 Å². The first-order chi connectivity index (χ1) is 12.6. The smallest absolute Gasteiger partial charge is 0.262 e. The van der Waals surface area contributed by atoms with E-state index in [-0.39, 0.29) is 5.03 Å². The second kappa shape index (κ2) is 6.57. The summed E-state index contributed by atoms with van der Waals surface area (Å²) in [5.74, 6) is 0.902. The van der Waals surface area contributed by atoms with E-state index in [4.69, 9.17) is 0 Å². The molecule has 0 radical (unpaired) electrons. The van der Waals surface area contributed by atoms with Crippen LogP contribution in [0.1, 0.15) is 31.1 Å². The van der Waals surface area contributed by atoms with Gasteiger partial charge in [-0.2, -0.15) is 9.40 Å². The minimum absolute atomic E-state index is 0.0422. The topological polar surface area (TPSA) is 123 Å². The van der Waals surface area contributed by atoms with Gasteiger partial charge in [-0.15, -0.1) is 0 Å². The van der Waals surface area contributed by atoms with Crippen LogP contribution in [0.5, 0.6) is 0 Å². The van der Waals surface area contributed by atoms with Gasteiger partial charge in [0.2, 0.25) is 5.82 Å². The third-order valence-corrected chi connectivity index (χ3v) is 6.11. The molecule has 1 fully saturated rings. The standard InChI is InChI=1S/C15H18N8O2S/c1-22-9-13(18-10-22)26(24,25)23-7-3-2-4-12(23)15-19-14(20-21-15)11-8-16-5-6-17-11/h5-6,8-10,12H,2-4,7H2,1H3,(H,19,20,21). The normalized spacial score (nSPS) is 18.9. The van der Waals surface area contributed by atoms with Crippen LogP contribution in [0.4, 0.5) is 0 Å². The molecule has 0 aliphatic carbocycles. The summed E-state index contributed by atoms with van der Waals surface area (Å²) in [5, 5.41) is 7.09. The van der Waals surface area contributed by atoms with Gasteiger partial charge in [0.1, 0.15) is 11.5 Å². The highest BCUT2D eigenvalue weighted by Gasteiger charge is 2.37. The van der Waals surface area contributed by atoms with Crippen LogP contribution >= 0.6 is 0 Å². The van der Waals surface area contributed by atoms with Crippen molar-refractivity contribution in [2.24, 2.45) is 7.05 Å². The zero-order valence-electron chi connectivity index (χ0n) is 14.1. The third kappa shape index (κ3) is 2.99. The molecule has 1 N–H and O–H groups in total. The second-order valence-corrected chi connectivity index (χ2v) is 7.98. The fourth-order valence-corrected chi connectivity index (χ4v) is 4.69. The van der Waals surface area contributed by atoms with Crippen LogP contribution in [0.2, 0.25) is 0 Å². The number of aromatic amines is 1. The van der Waals surface area contributed by atoms with Crippen molar-refractivity contribution in [1.82, 2.24) is 39.0 Å². The lowest BCUT2D eigenvalue weighted by atomic mass is 10.0. The molecule has 0 bridgehead atoms. The molecule has 0 amide bonds. The largest absolute Gasteiger partial charge is 0.339 e. The fraction of sp³-hybridized carbons (Fsp3) is 0.400. The van der Waals surface area contributed by atoms with E-state index in [0.717, 1.165) is 12.8 Å². The van der Waals surface area contributed by atoms with E-state index in [1.807, 2.05) is 0 Å². The molecule has 1 unspecified atom stereocenters. The highest BCUT2D eigenvalue weighted by atomic mass is 32.2. The molecule has 3 aromatic rings. The van der Waals surface area contributed by atoms with E-state index in [1.54, 1.807) is 30.2 Å². The van der Waals surface area contributed by atoms with E-state index >= 15 is 0 Å². The first-order valence-electron chi connectivity index (χ1n) is 8.24. The van der Waals surface area contributed by atoms with Gasteiger partial charge in [0.25, 0.3) is 10.0 Å². The maximum absolute atomic E-state index is 13.0. The molecule has 1 saturated heterocycles. The van der Waals surface area contributed by atoms with E-state index in [1.165, 1.54) is 16.8 Å². The molecule has 0 aromatic carbocycles. The summed E-state index contributed by atoms with van der Waals surface area (Å²) < 4.78 is 29.1. The predicted octanol–water partition coefficient (Wildman–Crippen LogP) is 0.911. The highest BCUT2D eigenvalue weighted by Crippen LogP contribution is 2.33. The monoisotopic (exact) mass is 374 g/mol. The molecular formula is C15H18N8O2S. The van der Waals surface area contributed by atoms with Crippen LogP contribution < -0.4 is 0 Å². The Morgan fingerprint density at radius 1 is 1.23 bits per heavy atom. The van der Waals surface area contributed by atoms with Crippen molar-refractivity contribution in [2.45, 2.75) is 30.3 Å². The van der Waals surface area contributed by atoms with Gasteiger partial charge in [0, 0.05) is 32.2 Å². The Balaban J connectivity index is 1.67. The Hall–Kier alpha value is -2.66. The molecule has 0 saturated carbocycles. The minimum Gasteiger partial charge on any atom is -0.339 e. The van der Waals surface area contributed by atoms with Crippen molar-refractivity contribution in [3.05, 3.63) is 36.9 Å². The second-order valence-electron chi connectivity index (χ2n) is 6.14. The van der Waals surface area contributed by atoms with Gasteiger partial charge in [-0.3, -0.25) is 10.1 Å². The number of hydrogen-bond acceptors (Lipinski definition) is 7. The Labute approximate surface area is 150 Å². The van der Waals surface area contributed by atoms with Crippen LogP contribution in [0.15, 0.2) is 36.1 Å². The molecule has 4 rings (SSSR count). The predicted molar refractivity (Wildman–Crippen MR) is 91.1 cm³/mol. The number of rotatable bonds is 4. The lowest BCUT2D eigenvalue weighted by Crippen LogP contribution is -2.39. The van der Waals surface area contributed by atoms with E-state index in [2.05, 4.69) is 30.1 Å². The third-order valence-electron chi connectivity index (χ3n) is 4.32. The van der Waals surface area contributed by atoms with Crippen molar-refractivity contribution in [3.63, 3.8) is 0 Å². The van der Waals surface area contributed by atoms with Gasteiger partial charge in [0.15, 0.2) is 5.03 Å². The summed E-state index contributed by atoms with van der Waals surface area (Å²) in [5.41, 5.74) is 0.532. The Morgan fingerprint density at radius 3 is 2.85 bits per heavy atom. The molecule has 3 aromatic heterocycles. The molecular weight excluding hydrogens is 356 g/mol. The molecule has 136 valence electrons. The molecule has 10 nitrogen and oxygen atoms in total. The number of nitrogens with zero attached hydrogens (tertiary/aromatic N) is 7. The molecule has 1 aliphatic heterocycles. The SMILES string of the molecule is Cn1cnc(S(=O)(=O)N2CCCCC2c2nc(-c3cnccn3)n[nH]2)c1. The lowest BCUT2D eigenvalue weighted by Gasteiger charge is -2.32. The van der Waals surface area contributed by atoms with E-state index in [9.17, 15) is 8.42 Å². The number of H-pyrrole nitrogens is 1. The number of piperidine rings is 1. The minimum atomic E-state index is -3.71. The van der Waals surface area contributed by atoms with Crippen molar-refractivity contribution >= 4 is 10.0 Å². The molecule has 0 spiro atoms. The maximum Gasteiger partial charge on any atom is 0.262 e. The first-order valence-corrected chi connectivity index (χ1v) is 9.68. The molecule has 1 aliphatic rings. The Morgan fingerprint density at radius 2 is 2.12 bits per heavy atom. The molecule has 11 heteroatoms. The molecule has 1 atom stereocenters. The number of nitrogens with one attached hydrogen (secondary N) is 1. The van der Waals surface area contributed by atoms with Gasteiger partial charge >= 0.3 is 0 Å². The number of hydrogen-bond donors (Lipinski definition) is 1. The van der Waals surface area contributed by atoms with Gasteiger partial charge in [0.05, 0.1) is 18.6 Å².